The molecule has 0 aliphatic carbocycles. The molecule has 0 heterocycles. The van der Waals surface area contributed by atoms with Crippen molar-refractivity contribution in [1.29, 1.82) is 0 Å². The minimum absolute atomic E-state index is 0.119. The average Bonchev–Trinajstić information content (AvgIpc) is 2.60. The number of aryl methyl sites for hydroxylation is 1. The van der Waals surface area contributed by atoms with Gasteiger partial charge in [0.05, 0.1) is 6.61 Å². The number of amides is 1. The highest BCUT2D eigenvalue weighted by molar-refractivity contribution is 5.78. The van der Waals surface area contributed by atoms with Crippen molar-refractivity contribution >= 4 is 12.2 Å². The lowest BCUT2D eigenvalue weighted by Crippen LogP contribution is -2.28. The van der Waals surface area contributed by atoms with E-state index in [1.54, 1.807) is 18.2 Å². The van der Waals surface area contributed by atoms with Crippen LogP contribution in [0.2, 0.25) is 0 Å². The van der Waals surface area contributed by atoms with Crippen molar-refractivity contribution in [3.8, 4) is 11.5 Å². The monoisotopic (exact) mass is 327 g/mol. The average molecular weight is 327 g/mol. The van der Waals surface area contributed by atoms with E-state index < -0.39 is 0 Å². The summed E-state index contributed by atoms with van der Waals surface area (Å²) in [5.74, 6) is 0.666. The van der Waals surface area contributed by atoms with Gasteiger partial charge in [-0.15, -0.1) is 0 Å². The van der Waals surface area contributed by atoms with Crippen molar-refractivity contribution in [1.82, 2.24) is 5.32 Å². The smallest absolute Gasteiger partial charge is 0.258 e. The van der Waals surface area contributed by atoms with Gasteiger partial charge in [0.2, 0.25) is 0 Å². The molecule has 0 atom stereocenters. The minimum atomic E-state index is -0.225. The second-order valence-electron chi connectivity index (χ2n) is 5.31. The van der Waals surface area contributed by atoms with Crippen LogP contribution in [0.4, 0.5) is 0 Å². The molecule has 0 aliphatic rings. The minimum Gasteiger partial charge on any atom is -0.490 e. The molecule has 0 saturated heterocycles. The van der Waals surface area contributed by atoms with Gasteiger partial charge in [-0.05, 0) is 37.6 Å². The molecule has 0 radical (unpaired) electrons. The lowest BCUT2D eigenvalue weighted by molar-refractivity contribution is -0.123. The molecule has 2 aromatic rings. The summed E-state index contributed by atoms with van der Waals surface area (Å²) in [6.45, 7) is 4.63. The summed E-state index contributed by atoms with van der Waals surface area (Å²) in [5, 5.41) is 2.80. The Hall–Kier alpha value is -2.82. The predicted octanol–water partition coefficient (Wildman–Crippen LogP) is 2.90. The van der Waals surface area contributed by atoms with Gasteiger partial charge >= 0.3 is 0 Å². The van der Waals surface area contributed by atoms with Gasteiger partial charge in [-0.25, -0.2) is 0 Å². The Morgan fingerprint density at radius 2 is 1.83 bits per heavy atom. The third kappa shape index (κ3) is 5.12. The van der Waals surface area contributed by atoms with Gasteiger partial charge < -0.3 is 14.8 Å². The van der Waals surface area contributed by atoms with Gasteiger partial charge in [-0.2, -0.15) is 0 Å². The standard InChI is InChI=1S/C19H21NO4/c1-3-23-18-10-16(12-21)8-9-17(18)24-13-19(22)20-11-15-6-4-14(2)5-7-15/h4-10,12H,3,11,13H2,1-2H3,(H,20,22). The number of benzene rings is 2. The summed E-state index contributed by atoms with van der Waals surface area (Å²) >= 11 is 0. The van der Waals surface area contributed by atoms with Gasteiger partial charge in [0.15, 0.2) is 18.1 Å². The molecular weight excluding hydrogens is 306 g/mol. The molecule has 24 heavy (non-hydrogen) atoms. The Bertz CT molecular complexity index is 695. The van der Waals surface area contributed by atoms with Gasteiger partial charge in [0.1, 0.15) is 6.29 Å². The predicted molar refractivity (Wildman–Crippen MR) is 91.5 cm³/mol. The summed E-state index contributed by atoms with van der Waals surface area (Å²) in [5.41, 5.74) is 2.70. The van der Waals surface area contributed by atoms with Crippen LogP contribution < -0.4 is 14.8 Å². The summed E-state index contributed by atoms with van der Waals surface area (Å²) in [4.78, 5) is 22.7. The fraction of sp³-hybridized carbons (Fsp3) is 0.263. The van der Waals surface area contributed by atoms with Crippen LogP contribution in [0.3, 0.4) is 0 Å². The first kappa shape index (κ1) is 17.5. The molecule has 0 aliphatic heterocycles. The third-order valence-electron chi connectivity index (χ3n) is 3.37. The molecule has 0 bridgehead atoms. The zero-order valence-corrected chi connectivity index (χ0v) is 13.9. The molecular formula is C19H21NO4. The van der Waals surface area contributed by atoms with Crippen LogP contribution in [-0.2, 0) is 11.3 Å². The van der Waals surface area contributed by atoms with E-state index in [-0.39, 0.29) is 12.5 Å². The molecule has 1 N–H and O–H groups in total. The number of aldehydes is 1. The maximum Gasteiger partial charge on any atom is 0.258 e. The molecule has 0 saturated carbocycles. The van der Waals surface area contributed by atoms with E-state index in [2.05, 4.69) is 5.32 Å². The Kier molecular flexibility index (Phi) is 6.37. The topological polar surface area (TPSA) is 64.6 Å². The van der Waals surface area contributed by atoms with Crippen LogP contribution in [0.15, 0.2) is 42.5 Å². The van der Waals surface area contributed by atoms with Crippen LogP contribution in [0, 0.1) is 6.92 Å². The van der Waals surface area contributed by atoms with Crippen molar-refractivity contribution < 1.29 is 19.1 Å². The fourth-order valence-electron chi connectivity index (χ4n) is 2.09. The molecule has 0 spiro atoms. The van der Waals surface area contributed by atoms with Gasteiger partial charge in [0, 0.05) is 12.1 Å². The van der Waals surface area contributed by atoms with Crippen LogP contribution >= 0.6 is 0 Å². The Balaban J connectivity index is 1.88. The van der Waals surface area contributed by atoms with E-state index in [1.807, 2.05) is 38.1 Å². The number of carbonyl (C=O) groups excluding carboxylic acids is 2. The Labute approximate surface area is 141 Å². The number of carbonyl (C=O) groups is 2. The van der Waals surface area contributed by atoms with E-state index in [0.29, 0.717) is 30.2 Å². The van der Waals surface area contributed by atoms with Gasteiger partial charge in [-0.3, -0.25) is 9.59 Å². The number of ether oxygens (including phenoxy) is 2. The van der Waals surface area contributed by atoms with Crippen molar-refractivity contribution in [2.75, 3.05) is 13.2 Å². The van der Waals surface area contributed by atoms with Crippen LogP contribution in [0.25, 0.3) is 0 Å². The molecule has 0 fully saturated rings. The zero-order chi connectivity index (χ0) is 17.4. The zero-order valence-electron chi connectivity index (χ0n) is 13.9. The summed E-state index contributed by atoms with van der Waals surface area (Å²) in [6, 6.07) is 12.8. The summed E-state index contributed by atoms with van der Waals surface area (Å²) < 4.78 is 10.9. The van der Waals surface area contributed by atoms with E-state index in [1.165, 1.54) is 5.56 Å². The first-order chi connectivity index (χ1) is 11.6. The molecule has 0 aromatic heterocycles. The Morgan fingerprint density at radius 3 is 2.50 bits per heavy atom. The quantitative estimate of drug-likeness (QED) is 0.757. The second kappa shape index (κ2) is 8.72. The molecule has 1 amide bonds. The third-order valence-corrected chi connectivity index (χ3v) is 3.37. The van der Waals surface area contributed by atoms with E-state index in [0.717, 1.165) is 11.8 Å². The van der Waals surface area contributed by atoms with Crippen molar-refractivity contribution in [2.24, 2.45) is 0 Å². The lowest BCUT2D eigenvalue weighted by atomic mass is 10.1. The number of hydrogen-bond donors (Lipinski definition) is 1. The van der Waals surface area contributed by atoms with Crippen molar-refractivity contribution in [3.63, 3.8) is 0 Å². The SMILES string of the molecule is CCOc1cc(C=O)ccc1OCC(=O)NCc1ccc(C)cc1. The number of rotatable bonds is 8. The summed E-state index contributed by atoms with van der Waals surface area (Å²) in [7, 11) is 0. The molecule has 5 nitrogen and oxygen atoms in total. The first-order valence-electron chi connectivity index (χ1n) is 7.79. The molecule has 0 unspecified atom stereocenters. The maximum atomic E-state index is 11.9. The van der Waals surface area contributed by atoms with Crippen LogP contribution in [-0.4, -0.2) is 25.4 Å². The highest BCUT2D eigenvalue weighted by atomic mass is 16.5. The molecule has 2 aromatic carbocycles. The van der Waals surface area contributed by atoms with E-state index in [4.69, 9.17) is 9.47 Å². The molecule has 2 rings (SSSR count). The maximum absolute atomic E-state index is 11.9. The van der Waals surface area contributed by atoms with E-state index in [9.17, 15) is 9.59 Å². The Morgan fingerprint density at radius 1 is 1.08 bits per heavy atom. The van der Waals surface area contributed by atoms with Crippen molar-refractivity contribution in [2.45, 2.75) is 20.4 Å². The first-order valence-corrected chi connectivity index (χ1v) is 7.79. The number of nitrogens with one attached hydrogen (secondary N) is 1. The summed E-state index contributed by atoms with van der Waals surface area (Å²) in [6.07, 6.45) is 0.737. The van der Waals surface area contributed by atoms with Gasteiger partial charge in [-0.1, -0.05) is 29.8 Å². The largest absolute Gasteiger partial charge is 0.490 e. The molecule has 126 valence electrons. The van der Waals surface area contributed by atoms with Crippen molar-refractivity contribution in [3.05, 3.63) is 59.2 Å². The van der Waals surface area contributed by atoms with Crippen LogP contribution in [0.1, 0.15) is 28.4 Å². The molecule has 5 heteroatoms. The van der Waals surface area contributed by atoms with Gasteiger partial charge in [0.25, 0.3) is 5.91 Å². The van der Waals surface area contributed by atoms with E-state index >= 15 is 0 Å². The second-order valence-corrected chi connectivity index (χ2v) is 5.31. The highest BCUT2D eigenvalue weighted by Gasteiger charge is 2.09. The van der Waals surface area contributed by atoms with Crippen LogP contribution in [0.5, 0.6) is 11.5 Å². The fourth-order valence-corrected chi connectivity index (χ4v) is 2.09. The number of hydrogen-bond acceptors (Lipinski definition) is 4. The highest BCUT2D eigenvalue weighted by Crippen LogP contribution is 2.27. The lowest BCUT2D eigenvalue weighted by Gasteiger charge is -2.12. The normalized spacial score (nSPS) is 10.1.